The zero-order chi connectivity index (χ0) is 12.7. The Balaban J connectivity index is 1.51. The van der Waals surface area contributed by atoms with E-state index in [1.165, 1.54) is 57.8 Å². The lowest BCUT2D eigenvalue weighted by molar-refractivity contribution is 0.524. The molecule has 2 atom stereocenters. The highest BCUT2D eigenvalue weighted by molar-refractivity contribution is 5.42. The normalized spacial score (nSPS) is 33.1. The third kappa shape index (κ3) is 2.06. The molecule has 19 heavy (non-hydrogen) atoms. The smallest absolute Gasteiger partial charge is 0.000555 e. The van der Waals surface area contributed by atoms with E-state index in [0.717, 1.165) is 11.8 Å². The summed E-state index contributed by atoms with van der Waals surface area (Å²) in [5.74, 6) is 1.53. The van der Waals surface area contributed by atoms with Crippen molar-refractivity contribution >= 4 is 0 Å². The first-order chi connectivity index (χ1) is 9.42. The van der Waals surface area contributed by atoms with Gasteiger partial charge in [0, 0.05) is 0 Å². The van der Waals surface area contributed by atoms with Crippen LogP contribution in [0.5, 0.6) is 0 Å². The highest BCUT2D eigenvalue weighted by Crippen LogP contribution is 2.44. The molecule has 0 heterocycles. The van der Waals surface area contributed by atoms with Crippen molar-refractivity contribution in [2.45, 2.75) is 57.8 Å². The number of hydrogen-bond donors (Lipinski definition) is 0. The summed E-state index contributed by atoms with van der Waals surface area (Å²) >= 11 is 0. The standard InChI is InChI=1S/C19H24/c1-3-7-18-14(5-1)9-11-16(18)13-17-12-10-15-6-2-4-8-19(15)17/h9-12,16-17H,1-8,13H2. The van der Waals surface area contributed by atoms with Gasteiger partial charge in [-0.2, -0.15) is 0 Å². The Morgan fingerprint density at radius 2 is 1.16 bits per heavy atom. The summed E-state index contributed by atoms with van der Waals surface area (Å²) in [6.45, 7) is 0. The van der Waals surface area contributed by atoms with Crippen LogP contribution in [-0.2, 0) is 0 Å². The van der Waals surface area contributed by atoms with Crippen LogP contribution in [0.1, 0.15) is 57.8 Å². The van der Waals surface area contributed by atoms with Gasteiger partial charge in [0.25, 0.3) is 0 Å². The summed E-state index contributed by atoms with van der Waals surface area (Å²) in [4.78, 5) is 0. The largest absolute Gasteiger partial charge is 0.0770 e. The average molecular weight is 252 g/mol. The first-order valence-electron chi connectivity index (χ1n) is 8.22. The van der Waals surface area contributed by atoms with Gasteiger partial charge in [-0.1, -0.05) is 35.5 Å². The molecule has 4 aliphatic carbocycles. The molecule has 0 bridgehead atoms. The molecule has 0 saturated heterocycles. The minimum Gasteiger partial charge on any atom is -0.0770 e. The Morgan fingerprint density at radius 3 is 1.68 bits per heavy atom. The minimum absolute atomic E-state index is 0.763. The van der Waals surface area contributed by atoms with Crippen molar-refractivity contribution in [1.82, 2.24) is 0 Å². The van der Waals surface area contributed by atoms with Crippen molar-refractivity contribution in [1.29, 1.82) is 0 Å². The van der Waals surface area contributed by atoms with Gasteiger partial charge in [0.1, 0.15) is 0 Å². The summed E-state index contributed by atoms with van der Waals surface area (Å²) in [5.41, 5.74) is 6.97. The summed E-state index contributed by atoms with van der Waals surface area (Å²) in [5, 5.41) is 0. The fourth-order valence-corrected chi connectivity index (χ4v) is 4.54. The van der Waals surface area contributed by atoms with Gasteiger partial charge in [-0.05, 0) is 80.8 Å². The Kier molecular flexibility index (Phi) is 2.98. The molecule has 0 aliphatic heterocycles. The maximum Gasteiger partial charge on any atom is -0.000555 e. The van der Waals surface area contributed by atoms with Gasteiger partial charge >= 0.3 is 0 Å². The van der Waals surface area contributed by atoms with E-state index in [1.54, 1.807) is 22.3 Å². The lowest BCUT2D eigenvalue weighted by Gasteiger charge is -2.25. The van der Waals surface area contributed by atoms with E-state index in [-0.39, 0.29) is 0 Å². The first-order valence-corrected chi connectivity index (χ1v) is 8.22. The minimum atomic E-state index is 0.763. The van der Waals surface area contributed by atoms with Crippen LogP contribution in [-0.4, -0.2) is 0 Å². The van der Waals surface area contributed by atoms with Crippen molar-refractivity contribution in [2.24, 2.45) is 11.8 Å². The van der Waals surface area contributed by atoms with E-state index in [2.05, 4.69) is 24.3 Å². The van der Waals surface area contributed by atoms with Crippen LogP contribution in [0.3, 0.4) is 0 Å². The van der Waals surface area contributed by atoms with Gasteiger partial charge in [-0.3, -0.25) is 0 Å². The van der Waals surface area contributed by atoms with Crippen molar-refractivity contribution in [2.75, 3.05) is 0 Å². The predicted octanol–water partition coefficient (Wildman–Crippen LogP) is 5.49. The van der Waals surface area contributed by atoms with Crippen molar-refractivity contribution in [3.8, 4) is 0 Å². The van der Waals surface area contributed by atoms with E-state index >= 15 is 0 Å². The van der Waals surface area contributed by atoms with Crippen LogP contribution in [0.4, 0.5) is 0 Å². The van der Waals surface area contributed by atoms with E-state index in [9.17, 15) is 0 Å². The Labute approximate surface area is 117 Å². The maximum absolute atomic E-state index is 2.51. The molecule has 0 N–H and O–H groups in total. The van der Waals surface area contributed by atoms with Gasteiger partial charge in [0.05, 0.1) is 0 Å². The number of hydrogen-bond acceptors (Lipinski definition) is 0. The van der Waals surface area contributed by atoms with Crippen molar-refractivity contribution in [3.63, 3.8) is 0 Å². The fourth-order valence-electron chi connectivity index (χ4n) is 4.54. The molecule has 0 radical (unpaired) electrons. The zero-order valence-corrected chi connectivity index (χ0v) is 11.8. The molecular formula is C19H24. The molecule has 0 aromatic carbocycles. The van der Waals surface area contributed by atoms with E-state index in [0.29, 0.717) is 0 Å². The molecule has 4 rings (SSSR count). The van der Waals surface area contributed by atoms with Crippen molar-refractivity contribution < 1.29 is 0 Å². The average Bonchev–Trinajstić information content (AvgIpc) is 3.05. The van der Waals surface area contributed by atoms with Gasteiger partial charge < -0.3 is 0 Å². The third-order valence-electron chi connectivity index (χ3n) is 5.57. The lowest BCUT2D eigenvalue weighted by Crippen LogP contribution is -2.11. The summed E-state index contributed by atoms with van der Waals surface area (Å²) in [7, 11) is 0. The van der Waals surface area contributed by atoms with Gasteiger partial charge in [-0.25, -0.2) is 0 Å². The molecule has 0 saturated carbocycles. The summed E-state index contributed by atoms with van der Waals surface area (Å²) < 4.78 is 0. The van der Waals surface area contributed by atoms with Crippen LogP contribution in [0, 0.1) is 11.8 Å². The predicted molar refractivity (Wildman–Crippen MR) is 80.9 cm³/mol. The monoisotopic (exact) mass is 252 g/mol. The van der Waals surface area contributed by atoms with E-state index in [4.69, 9.17) is 0 Å². The van der Waals surface area contributed by atoms with Gasteiger partial charge in [0.2, 0.25) is 0 Å². The highest BCUT2D eigenvalue weighted by atomic mass is 14.3. The number of rotatable bonds is 2. The lowest BCUT2D eigenvalue weighted by atomic mass is 9.80. The fraction of sp³-hybridized carbons (Fsp3) is 0.579. The molecule has 100 valence electrons. The molecule has 0 aromatic rings. The van der Waals surface area contributed by atoms with Crippen LogP contribution < -0.4 is 0 Å². The second-order valence-corrected chi connectivity index (χ2v) is 6.68. The second-order valence-electron chi connectivity index (χ2n) is 6.68. The van der Waals surface area contributed by atoms with Crippen LogP contribution in [0.2, 0.25) is 0 Å². The molecule has 0 fully saturated rings. The molecule has 0 aromatic heterocycles. The van der Waals surface area contributed by atoms with Gasteiger partial charge in [0.15, 0.2) is 0 Å². The van der Waals surface area contributed by atoms with Crippen molar-refractivity contribution in [3.05, 3.63) is 46.6 Å². The molecule has 0 spiro atoms. The SMILES string of the molecule is C1=CC(CC2C=CC3=C2CCCC3)C2=C1CCCC2. The molecule has 0 amide bonds. The quantitative estimate of drug-likeness (QED) is 0.609. The van der Waals surface area contributed by atoms with E-state index < -0.39 is 0 Å². The van der Waals surface area contributed by atoms with Crippen LogP contribution in [0.15, 0.2) is 46.6 Å². The van der Waals surface area contributed by atoms with Crippen LogP contribution in [0.25, 0.3) is 0 Å². The molecule has 2 unspecified atom stereocenters. The number of allylic oxidation sites excluding steroid dienone is 8. The third-order valence-corrected chi connectivity index (χ3v) is 5.57. The topological polar surface area (TPSA) is 0 Å². The summed E-state index contributed by atoms with van der Waals surface area (Å²) in [6.07, 6.45) is 22.3. The van der Waals surface area contributed by atoms with Gasteiger partial charge in [-0.15, -0.1) is 0 Å². The zero-order valence-electron chi connectivity index (χ0n) is 11.8. The highest BCUT2D eigenvalue weighted by Gasteiger charge is 2.29. The molecule has 0 nitrogen and oxygen atoms in total. The molecule has 4 aliphatic rings. The van der Waals surface area contributed by atoms with E-state index in [1.807, 2.05) is 0 Å². The first kappa shape index (κ1) is 11.8. The molecular weight excluding hydrogens is 228 g/mol. The maximum atomic E-state index is 2.51. The molecule has 0 heteroatoms. The Morgan fingerprint density at radius 1 is 0.684 bits per heavy atom. The Bertz CT molecular complexity index is 452. The van der Waals surface area contributed by atoms with Crippen LogP contribution >= 0.6 is 0 Å². The Hall–Kier alpha value is -1.04. The summed E-state index contributed by atoms with van der Waals surface area (Å²) in [6, 6.07) is 0. The second kappa shape index (κ2) is 4.81.